The Bertz CT molecular complexity index is 490. The average Bonchev–Trinajstić information content (AvgIpc) is 2.37. The summed E-state index contributed by atoms with van der Waals surface area (Å²) in [5.74, 6) is 0. The molecule has 0 aromatic carbocycles. The number of halogens is 1. The summed E-state index contributed by atoms with van der Waals surface area (Å²) in [5.41, 5.74) is 2.99. The number of nitrogens with zero attached hydrogens (tertiary/aromatic N) is 1. The fourth-order valence-corrected chi connectivity index (χ4v) is 2.51. The minimum Gasteiger partial charge on any atom is -0.313 e. The monoisotopic (exact) mass is 285 g/mol. The van der Waals surface area contributed by atoms with Crippen molar-refractivity contribution in [3.05, 3.63) is 34.6 Å². The number of nitrogens with one attached hydrogen (secondary N) is 2. The topological polar surface area (TPSA) is 54.0 Å². The molecule has 2 rings (SSSR count). The lowest BCUT2D eigenvalue weighted by Gasteiger charge is -2.15. The van der Waals surface area contributed by atoms with E-state index in [1.54, 1.807) is 12.5 Å². The van der Waals surface area contributed by atoms with Crippen molar-refractivity contribution in [1.82, 2.24) is 15.0 Å². The van der Waals surface area contributed by atoms with Gasteiger partial charge >= 0.3 is 0 Å². The second-order valence-corrected chi connectivity index (χ2v) is 5.74. The summed E-state index contributed by atoms with van der Waals surface area (Å²) in [4.78, 5) is 4.41. The Morgan fingerprint density at radius 3 is 3.06 bits per heavy atom. The normalized spacial score (nSPS) is 17.3. The Morgan fingerprint density at radius 1 is 1.61 bits per heavy atom. The summed E-state index contributed by atoms with van der Waals surface area (Å²) < 4.78 is 13.8. The lowest BCUT2D eigenvalue weighted by atomic mass is 10.0. The number of hydrogen-bond acceptors (Lipinski definition) is 3. The molecule has 0 fully saturated rings. The highest BCUT2D eigenvalue weighted by Gasteiger charge is 2.11. The van der Waals surface area contributed by atoms with E-state index in [0.29, 0.717) is 11.6 Å². The molecule has 1 unspecified atom stereocenters. The van der Waals surface area contributed by atoms with Crippen LogP contribution in [-0.2, 0) is 17.5 Å². The van der Waals surface area contributed by atoms with Gasteiger partial charge in [0, 0.05) is 25.5 Å². The molecule has 6 heteroatoms. The van der Waals surface area contributed by atoms with Gasteiger partial charge in [0.05, 0.1) is 21.7 Å². The molecule has 4 nitrogen and oxygen atoms in total. The molecule has 1 aliphatic heterocycles. The van der Waals surface area contributed by atoms with Crippen LogP contribution in [0.2, 0.25) is 5.02 Å². The molecule has 1 aliphatic rings. The van der Waals surface area contributed by atoms with E-state index in [-0.39, 0.29) is 0 Å². The van der Waals surface area contributed by atoms with Gasteiger partial charge in [-0.2, -0.15) is 0 Å². The summed E-state index contributed by atoms with van der Waals surface area (Å²) in [5, 5.41) is 3.91. The zero-order valence-electron chi connectivity index (χ0n) is 10.2. The number of hydrogen-bond donors (Lipinski definition) is 2. The molecule has 1 aromatic heterocycles. The van der Waals surface area contributed by atoms with Crippen molar-refractivity contribution in [3.63, 3.8) is 0 Å². The van der Waals surface area contributed by atoms with Crippen molar-refractivity contribution in [2.75, 3.05) is 19.3 Å². The van der Waals surface area contributed by atoms with Gasteiger partial charge in [-0.25, -0.2) is 8.93 Å². The highest BCUT2D eigenvalue weighted by atomic mass is 35.5. The van der Waals surface area contributed by atoms with Crippen LogP contribution in [0, 0.1) is 0 Å². The maximum absolute atomic E-state index is 10.9. The van der Waals surface area contributed by atoms with E-state index in [1.165, 1.54) is 5.57 Å². The lowest BCUT2D eigenvalue weighted by molar-refractivity contribution is 0.676. The quantitative estimate of drug-likeness (QED) is 0.881. The van der Waals surface area contributed by atoms with E-state index < -0.39 is 11.0 Å². The molecule has 0 spiro atoms. The third-order valence-corrected chi connectivity index (χ3v) is 3.58. The van der Waals surface area contributed by atoms with Crippen LogP contribution in [0.5, 0.6) is 0 Å². The van der Waals surface area contributed by atoms with Crippen LogP contribution in [0.15, 0.2) is 18.3 Å². The first-order chi connectivity index (χ1) is 8.66. The van der Waals surface area contributed by atoms with E-state index in [2.05, 4.69) is 21.1 Å². The van der Waals surface area contributed by atoms with E-state index in [4.69, 9.17) is 11.6 Å². The van der Waals surface area contributed by atoms with Gasteiger partial charge in [0.1, 0.15) is 0 Å². The van der Waals surface area contributed by atoms with Gasteiger partial charge in [0.25, 0.3) is 0 Å². The number of rotatable bonds is 4. The molecular weight excluding hydrogens is 270 g/mol. The lowest BCUT2D eigenvalue weighted by Crippen LogP contribution is -2.20. The van der Waals surface area contributed by atoms with Gasteiger partial charge in [-0.05, 0) is 30.2 Å². The first-order valence-corrected chi connectivity index (χ1v) is 7.72. The van der Waals surface area contributed by atoms with Gasteiger partial charge in [0.15, 0.2) is 0 Å². The molecule has 0 saturated heterocycles. The van der Waals surface area contributed by atoms with E-state index in [9.17, 15) is 4.21 Å². The smallest absolute Gasteiger partial charge is 0.0886 e. The zero-order chi connectivity index (χ0) is 13.0. The van der Waals surface area contributed by atoms with Gasteiger partial charge < -0.3 is 5.32 Å². The summed E-state index contributed by atoms with van der Waals surface area (Å²) in [7, 11) is -1.02. The number of pyridine rings is 1. The molecule has 1 atom stereocenters. The maximum Gasteiger partial charge on any atom is 0.0886 e. The van der Waals surface area contributed by atoms with Crippen LogP contribution in [0.1, 0.15) is 17.7 Å². The second-order valence-electron chi connectivity index (χ2n) is 4.13. The Morgan fingerprint density at radius 2 is 2.44 bits per heavy atom. The molecule has 2 N–H and O–H groups in total. The van der Waals surface area contributed by atoms with Gasteiger partial charge in [-0.1, -0.05) is 17.7 Å². The van der Waals surface area contributed by atoms with Gasteiger partial charge in [-0.3, -0.25) is 4.98 Å². The molecule has 98 valence electrons. The van der Waals surface area contributed by atoms with Crippen LogP contribution in [0.25, 0.3) is 5.57 Å². The van der Waals surface area contributed by atoms with E-state index in [1.807, 2.05) is 6.07 Å². The Kier molecular flexibility index (Phi) is 4.88. The van der Waals surface area contributed by atoms with Crippen molar-refractivity contribution in [1.29, 1.82) is 0 Å². The second kappa shape index (κ2) is 6.43. The van der Waals surface area contributed by atoms with Gasteiger partial charge in [0.2, 0.25) is 0 Å². The molecule has 2 heterocycles. The van der Waals surface area contributed by atoms with Crippen molar-refractivity contribution in [3.8, 4) is 0 Å². The third kappa shape index (κ3) is 3.62. The molecule has 0 radical (unpaired) electrons. The van der Waals surface area contributed by atoms with E-state index in [0.717, 1.165) is 30.8 Å². The molecule has 18 heavy (non-hydrogen) atoms. The molecular formula is C12H16ClN3OS. The predicted molar refractivity (Wildman–Crippen MR) is 75.6 cm³/mol. The molecule has 0 aliphatic carbocycles. The van der Waals surface area contributed by atoms with Crippen LogP contribution < -0.4 is 10.0 Å². The summed E-state index contributed by atoms with van der Waals surface area (Å²) >= 11 is 6.25. The molecule has 1 aromatic rings. The van der Waals surface area contributed by atoms with Crippen LogP contribution in [-0.4, -0.2) is 28.5 Å². The van der Waals surface area contributed by atoms with Crippen LogP contribution in [0.3, 0.4) is 0 Å². The average molecular weight is 286 g/mol. The first-order valence-electron chi connectivity index (χ1n) is 5.78. The minimum absolute atomic E-state index is 0.511. The van der Waals surface area contributed by atoms with Crippen molar-refractivity contribution in [2.45, 2.75) is 13.0 Å². The van der Waals surface area contributed by atoms with Gasteiger partial charge in [-0.15, -0.1) is 0 Å². The SMILES string of the molecule is CS(=O)NCc1cnc(C2=CCNCC2)c(Cl)c1. The standard InChI is InChI=1S/C12H16ClN3OS/c1-18(17)16-8-9-6-11(13)12(15-7-9)10-2-4-14-5-3-10/h2,6-7,14,16H,3-5,8H2,1H3. The summed E-state index contributed by atoms with van der Waals surface area (Å²) in [6.45, 7) is 2.34. The van der Waals surface area contributed by atoms with Crippen molar-refractivity contribution < 1.29 is 4.21 Å². The first kappa shape index (κ1) is 13.7. The Labute approximate surface area is 114 Å². The summed E-state index contributed by atoms with van der Waals surface area (Å²) in [6, 6.07) is 1.88. The van der Waals surface area contributed by atoms with Crippen LogP contribution in [0.4, 0.5) is 0 Å². The largest absolute Gasteiger partial charge is 0.313 e. The molecule has 0 saturated carbocycles. The number of aromatic nitrogens is 1. The predicted octanol–water partition coefficient (Wildman–Crippen LogP) is 1.49. The van der Waals surface area contributed by atoms with Crippen LogP contribution >= 0.6 is 11.6 Å². The maximum atomic E-state index is 10.9. The zero-order valence-corrected chi connectivity index (χ0v) is 11.8. The van der Waals surface area contributed by atoms with Crippen molar-refractivity contribution in [2.24, 2.45) is 0 Å². The highest BCUT2D eigenvalue weighted by Crippen LogP contribution is 2.25. The highest BCUT2D eigenvalue weighted by molar-refractivity contribution is 7.82. The van der Waals surface area contributed by atoms with Crippen molar-refractivity contribution >= 4 is 28.2 Å². The fourth-order valence-electron chi connectivity index (χ4n) is 1.83. The van der Waals surface area contributed by atoms with E-state index >= 15 is 0 Å². The fraction of sp³-hybridized carbons (Fsp3) is 0.417. The third-order valence-electron chi connectivity index (χ3n) is 2.75. The molecule has 0 bridgehead atoms. The molecule has 0 amide bonds. The Hall–Kier alpha value is -0.750. The minimum atomic E-state index is -1.02. The summed E-state index contributed by atoms with van der Waals surface area (Å²) in [6.07, 6.45) is 6.45. The Balaban J connectivity index is 2.14.